The van der Waals surface area contributed by atoms with E-state index in [9.17, 15) is 14.4 Å². The normalized spacial score (nSPS) is 15.2. The van der Waals surface area contributed by atoms with Crippen LogP contribution >= 0.6 is 22.9 Å². The number of halogens is 1. The molecule has 37 heavy (non-hydrogen) atoms. The number of benzene rings is 2. The SMILES string of the molecule is CCOC(=O)C1=C(C)N=c2s/c(=C/c3ccc(Cl)cc3)c(=O)n2[C@H]1c1ccc(OC(C)=O)c(OCC)c1. The summed E-state index contributed by atoms with van der Waals surface area (Å²) in [6, 6.07) is 11.2. The Morgan fingerprint density at radius 2 is 1.84 bits per heavy atom. The van der Waals surface area contributed by atoms with Gasteiger partial charge in [0.25, 0.3) is 5.56 Å². The van der Waals surface area contributed by atoms with E-state index in [2.05, 4.69) is 4.99 Å². The fourth-order valence-electron chi connectivity index (χ4n) is 4.02. The van der Waals surface area contributed by atoms with Gasteiger partial charge in [0.15, 0.2) is 16.3 Å². The van der Waals surface area contributed by atoms with Crippen molar-refractivity contribution in [2.75, 3.05) is 13.2 Å². The Labute approximate surface area is 222 Å². The zero-order chi connectivity index (χ0) is 26.7. The number of rotatable bonds is 7. The highest BCUT2D eigenvalue weighted by Gasteiger charge is 2.34. The second-order valence-electron chi connectivity index (χ2n) is 8.09. The number of esters is 2. The van der Waals surface area contributed by atoms with Crippen molar-refractivity contribution in [2.45, 2.75) is 33.7 Å². The standard InChI is InChI=1S/C27H25ClN2O6S/c1-5-34-21-14-18(9-12-20(21)36-16(4)31)24-23(26(33)35-6-2)15(3)29-27-30(24)25(32)22(37-27)13-17-7-10-19(28)11-8-17/h7-14,24H,5-6H2,1-4H3/b22-13+/t24-/m0/s1. The molecule has 0 saturated heterocycles. The van der Waals surface area contributed by atoms with Crippen LogP contribution in [0, 0.1) is 0 Å². The summed E-state index contributed by atoms with van der Waals surface area (Å²) in [5.41, 5.74) is 1.77. The number of thiazole rings is 1. The zero-order valence-corrected chi connectivity index (χ0v) is 22.3. The molecule has 8 nitrogen and oxygen atoms in total. The monoisotopic (exact) mass is 540 g/mol. The minimum absolute atomic E-state index is 0.166. The number of allylic oxidation sites excluding steroid dienone is 1. The van der Waals surface area contributed by atoms with Crippen LogP contribution in [0.3, 0.4) is 0 Å². The first kappa shape index (κ1) is 26.4. The molecule has 0 saturated carbocycles. The molecule has 0 fully saturated rings. The van der Waals surface area contributed by atoms with Crippen molar-refractivity contribution >= 4 is 41.0 Å². The highest BCUT2D eigenvalue weighted by Crippen LogP contribution is 2.36. The van der Waals surface area contributed by atoms with Gasteiger partial charge in [-0.2, -0.15) is 0 Å². The van der Waals surface area contributed by atoms with Crippen molar-refractivity contribution < 1.29 is 23.8 Å². The summed E-state index contributed by atoms with van der Waals surface area (Å²) in [7, 11) is 0. The minimum Gasteiger partial charge on any atom is -0.490 e. The maximum Gasteiger partial charge on any atom is 0.338 e. The first-order chi connectivity index (χ1) is 17.7. The van der Waals surface area contributed by atoms with E-state index >= 15 is 0 Å². The Hall–Kier alpha value is -3.69. The number of ether oxygens (including phenoxy) is 3. The number of hydrogen-bond acceptors (Lipinski definition) is 8. The van der Waals surface area contributed by atoms with Gasteiger partial charge in [-0.3, -0.25) is 14.2 Å². The predicted molar refractivity (Wildman–Crippen MR) is 141 cm³/mol. The molecule has 0 N–H and O–H groups in total. The molecule has 3 aromatic rings. The second-order valence-corrected chi connectivity index (χ2v) is 9.53. The van der Waals surface area contributed by atoms with E-state index in [4.69, 9.17) is 25.8 Å². The van der Waals surface area contributed by atoms with Gasteiger partial charge in [0.2, 0.25) is 0 Å². The number of fused-ring (bicyclic) bond motifs is 1. The number of carbonyl (C=O) groups excluding carboxylic acids is 2. The summed E-state index contributed by atoms with van der Waals surface area (Å²) >= 11 is 7.22. The average molecular weight is 541 g/mol. The van der Waals surface area contributed by atoms with Crippen molar-refractivity contribution in [3.8, 4) is 11.5 Å². The van der Waals surface area contributed by atoms with Gasteiger partial charge in [0, 0.05) is 11.9 Å². The van der Waals surface area contributed by atoms with Gasteiger partial charge in [-0.1, -0.05) is 41.1 Å². The van der Waals surface area contributed by atoms with Crippen LogP contribution in [-0.4, -0.2) is 29.7 Å². The molecule has 4 rings (SSSR count). The van der Waals surface area contributed by atoms with Crippen molar-refractivity contribution in [3.63, 3.8) is 0 Å². The van der Waals surface area contributed by atoms with Crippen LogP contribution in [0.4, 0.5) is 0 Å². The van der Waals surface area contributed by atoms with Crippen LogP contribution in [0.2, 0.25) is 5.02 Å². The molecule has 0 spiro atoms. The molecular formula is C27H25ClN2O6S. The van der Waals surface area contributed by atoms with E-state index in [1.807, 2.05) is 12.1 Å². The molecule has 0 bridgehead atoms. The van der Waals surface area contributed by atoms with Crippen LogP contribution in [0.15, 0.2) is 63.5 Å². The van der Waals surface area contributed by atoms with Gasteiger partial charge >= 0.3 is 11.9 Å². The predicted octanol–water partition coefficient (Wildman–Crippen LogP) is 3.78. The zero-order valence-electron chi connectivity index (χ0n) is 20.7. The first-order valence-electron chi connectivity index (χ1n) is 11.6. The van der Waals surface area contributed by atoms with Gasteiger partial charge in [-0.05, 0) is 62.2 Å². The number of carbonyl (C=O) groups is 2. The Morgan fingerprint density at radius 3 is 2.49 bits per heavy atom. The molecule has 2 heterocycles. The largest absolute Gasteiger partial charge is 0.490 e. The third-order valence-corrected chi connectivity index (χ3v) is 6.76. The van der Waals surface area contributed by atoms with Gasteiger partial charge in [0.1, 0.15) is 0 Å². The Kier molecular flexibility index (Phi) is 7.94. The highest BCUT2D eigenvalue weighted by molar-refractivity contribution is 7.07. The summed E-state index contributed by atoms with van der Waals surface area (Å²) < 4.78 is 18.3. The van der Waals surface area contributed by atoms with Gasteiger partial charge in [-0.25, -0.2) is 9.79 Å². The maximum absolute atomic E-state index is 13.7. The topological polar surface area (TPSA) is 96.2 Å². The summed E-state index contributed by atoms with van der Waals surface area (Å²) in [5, 5.41) is 0.593. The molecule has 0 amide bonds. The molecule has 0 radical (unpaired) electrons. The molecule has 1 aliphatic rings. The Bertz CT molecular complexity index is 1570. The summed E-state index contributed by atoms with van der Waals surface area (Å²) in [4.78, 5) is 43.4. The number of hydrogen-bond donors (Lipinski definition) is 0. The van der Waals surface area contributed by atoms with Gasteiger partial charge < -0.3 is 14.2 Å². The molecule has 1 atom stereocenters. The lowest BCUT2D eigenvalue weighted by Gasteiger charge is -2.25. The summed E-state index contributed by atoms with van der Waals surface area (Å²) in [6.45, 7) is 7.02. The lowest BCUT2D eigenvalue weighted by Crippen LogP contribution is -2.40. The van der Waals surface area contributed by atoms with Crippen molar-refractivity contribution in [1.82, 2.24) is 4.57 Å². The molecule has 0 aliphatic carbocycles. The summed E-state index contributed by atoms with van der Waals surface area (Å²) in [5.74, 6) is -0.502. The van der Waals surface area contributed by atoms with Crippen molar-refractivity contribution in [3.05, 3.63) is 89.6 Å². The van der Waals surface area contributed by atoms with E-state index in [-0.39, 0.29) is 23.5 Å². The number of aromatic nitrogens is 1. The van der Waals surface area contributed by atoms with E-state index in [0.717, 1.165) is 5.56 Å². The van der Waals surface area contributed by atoms with Crippen molar-refractivity contribution in [2.24, 2.45) is 4.99 Å². The van der Waals surface area contributed by atoms with E-state index in [1.165, 1.54) is 22.8 Å². The molecular weight excluding hydrogens is 516 g/mol. The quantitative estimate of drug-likeness (QED) is 0.334. The van der Waals surface area contributed by atoms with E-state index in [1.54, 1.807) is 57.2 Å². The van der Waals surface area contributed by atoms with Gasteiger partial charge in [-0.15, -0.1) is 0 Å². The van der Waals surface area contributed by atoms with Crippen LogP contribution < -0.4 is 24.4 Å². The third kappa shape index (κ3) is 5.52. The second kappa shape index (κ2) is 11.1. The summed E-state index contributed by atoms with van der Waals surface area (Å²) in [6.07, 6.45) is 1.76. The first-order valence-corrected chi connectivity index (χ1v) is 12.8. The molecule has 10 heteroatoms. The average Bonchev–Trinajstić information content (AvgIpc) is 3.15. The molecule has 2 aromatic carbocycles. The van der Waals surface area contributed by atoms with Crippen LogP contribution in [0.5, 0.6) is 11.5 Å². The van der Waals surface area contributed by atoms with Crippen molar-refractivity contribution in [1.29, 1.82) is 0 Å². The minimum atomic E-state index is -0.826. The fraction of sp³-hybridized carbons (Fsp3) is 0.259. The highest BCUT2D eigenvalue weighted by atomic mass is 35.5. The van der Waals surface area contributed by atoms with E-state index < -0.39 is 18.0 Å². The number of nitrogens with zero attached hydrogens (tertiary/aromatic N) is 2. The molecule has 192 valence electrons. The Balaban J connectivity index is 1.94. The molecule has 1 aromatic heterocycles. The van der Waals surface area contributed by atoms with Crippen LogP contribution in [0.1, 0.15) is 44.9 Å². The third-order valence-electron chi connectivity index (χ3n) is 5.52. The Morgan fingerprint density at radius 1 is 1.11 bits per heavy atom. The lowest BCUT2D eigenvalue weighted by atomic mass is 9.95. The van der Waals surface area contributed by atoms with E-state index in [0.29, 0.717) is 38.0 Å². The molecule has 0 unspecified atom stereocenters. The van der Waals surface area contributed by atoms with Gasteiger partial charge in [0.05, 0.1) is 35.1 Å². The molecule has 1 aliphatic heterocycles. The fourth-order valence-corrected chi connectivity index (χ4v) is 5.19. The van der Waals surface area contributed by atoms with Crippen LogP contribution in [-0.2, 0) is 14.3 Å². The maximum atomic E-state index is 13.7. The lowest BCUT2D eigenvalue weighted by molar-refractivity contribution is -0.139. The van der Waals surface area contributed by atoms with Crippen LogP contribution in [0.25, 0.3) is 6.08 Å². The smallest absolute Gasteiger partial charge is 0.338 e.